The highest BCUT2D eigenvalue weighted by Gasteiger charge is 2.39. The van der Waals surface area contributed by atoms with E-state index >= 15 is 0 Å². The Bertz CT molecular complexity index is 763. The molecule has 0 saturated heterocycles. The third kappa shape index (κ3) is 3.78. The van der Waals surface area contributed by atoms with Gasteiger partial charge >= 0.3 is 0 Å². The van der Waals surface area contributed by atoms with Crippen LogP contribution >= 0.6 is 0 Å². The first-order chi connectivity index (χ1) is 11.2. The van der Waals surface area contributed by atoms with Crippen molar-refractivity contribution < 1.29 is 4.79 Å². The van der Waals surface area contributed by atoms with Crippen LogP contribution in [0, 0.1) is 12.3 Å². The molecule has 1 aromatic carbocycles. The fourth-order valence-corrected chi connectivity index (χ4v) is 2.76. The van der Waals surface area contributed by atoms with Crippen LogP contribution in [0.4, 0.5) is 0 Å². The second-order valence-corrected chi connectivity index (χ2v) is 5.85. The molecule has 0 bridgehead atoms. The molecule has 1 amide bonds. The number of rotatable bonds is 8. The van der Waals surface area contributed by atoms with Crippen LogP contribution in [0.15, 0.2) is 40.7 Å². The third-order valence-corrected chi connectivity index (χ3v) is 4.20. The van der Waals surface area contributed by atoms with Gasteiger partial charge in [0.15, 0.2) is 5.66 Å². The molecule has 0 unspecified atom stereocenters. The molecule has 1 aromatic heterocycles. The van der Waals surface area contributed by atoms with E-state index in [9.17, 15) is 4.79 Å². The minimum absolute atomic E-state index is 0.0426. The minimum Gasteiger partial charge on any atom is -0.361 e. The Balaban J connectivity index is 1.41. The molecule has 3 rings (SSSR count). The molecule has 2 aromatic rings. The number of hydrogen-bond acceptors (Lipinski definition) is 3. The lowest BCUT2D eigenvalue weighted by molar-refractivity contribution is -0.121. The predicted molar refractivity (Wildman–Crippen MR) is 89.9 cm³/mol. The zero-order valence-corrected chi connectivity index (χ0v) is 13.0. The summed E-state index contributed by atoms with van der Waals surface area (Å²) in [7, 11) is 0. The van der Waals surface area contributed by atoms with Crippen molar-refractivity contribution in [2.75, 3.05) is 6.54 Å². The molecule has 23 heavy (non-hydrogen) atoms. The highest BCUT2D eigenvalue weighted by Crippen LogP contribution is 2.37. The highest BCUT2D eigenvalue weighted by atomic mass is 16.1. The number of nitrogens with zero attached hydrogens (tertiary/aromatic N) is 2. The maximum atomic E-state index is 12.0. The Morgan fingerprint density at radius 1 is 1.30 bits per heavy atom. The summed E-state index contributed by atoms with van der Waals surface area (Å²) >= 11 is 0. The molecule has 2 heterocycles. The van der Waals surface area contributed by atoms with Crippen LogP contribution < -0.4 is 5.32 Å². The number of terminal acetylenes is 1. The average Bonchev–Trinajstić information content (AvgIpc) is 3.17. The molecule has 2 N–H and O–H groups in total. The van der Waals surface area contributed by atoms with Crippen molar-refractivity contribution in [1.29, 1.82) is 0 Å². The largest absolute Gasteiger partial charge is 0.361 e. The molecule has 0 atom stereocenters. The summed E-state index contributed by atoms with van der Waals surface area (Å²) in [6.45, 7) is 0.628. The van der Waals surface area contributed by atoms with E-state index in [4.69, 9.17) is 6.42 Å². The number of hydrogen-bond donors (Lipinski definition) is 2. The smallest absolute Gasteiger partial charge is 0.220 e. The van der Waals surface area contributed by atoms with Gasteiger partial charge in [-0.25, -0.2) is 0 Å². The molecule has 0 spiro atoms. The Morgan fingerprint density at radius 2 is 2.17 bits per heavy atom. The van der Waals surface area contributed by atoms with E-state index in [1.165, 1.54) is 10.9 Å². The number of aromatic amines is 1. The Morgan fingerprint density at radius 3 is 2.96 bits per heavy atom. The second kappa shape index (κ2) is 6.66. The first kappa shape index (κ1) is 15.3. The lowest BCUT2D eigenvalue weighted by Gasteiger charge is -2.09. The van der Waals surface area contributed by atoms with E-state index in [0.29, 0.717) is 25.8 Å². The van der Waals surface area contributed by atoms with Crippen LogP contribution in [0.3, 0.4) is 0 Å². The van der Waals surface area contributed by atoms with Crippen molar-refractivity contribution in [3.63, 3.8) is 0 Å². The van der Waals surface area contributed by atoms with Gasteiger partial charge in [-0.05, 0) is 23.4 Å². The van der Waals surface area contributed by atoms with E-state index in [1.54, 1.807) is 0 Å². The Kier molecular flexibility index (Phi) is 4.42. The summed E-state index contributed by atoms with van der Waals surface area (Å²) in [5.41, 5.74) is 1.98. The van der Waals surface area contributed by atoms with Gasteiger partial charge in [0.25, 0.3) is 0 Å². The van der Waals surface area contributed by atoms with Crippen LogP contribution in [-0.2, 0) is 11.2 Å². The van der Waals surface area contributed by atoms with Crippen molar-refractivity contribution in [3.8, 4) is 12.3 Å². The summed E-state index contributed by atoms with van der Waals surface area (Å²) in [6.07, 6.45) is 10.5. The molecule has 1 aliphatic heterocycles. The van der Waals surface area contributed by atoms with Crippen molar-refractivity contribution >= 4 is 16.8 Å². The van der Waals surface area contributed by atoms with Crippen LogP contribution in [0.5, 0.6) is 0 Å². The van der Waals surface area contributed by atoms with Crippen molar-refractivity contribution in [1.82, 2.24) is 10.3 Å². The van der Waals surface area contributed by atoms with E-state index < -0.39 is 0 Å². The molecular formula is C18H20N4O. The van der Waals surface area contributed by atoms with Gasteiger partial charge in [-0.2, -0.15) is 10.2 Å². The SMILES string of the molecule is C#CCCC1(CCC(=O)NCCc2cccc3cc[nH]c23)N=N1. The number of aromatic nitrogens is 1. The van der Waals surface area contributed by atoms with Crippen LogP contribution in [0.25, 0.3) is 10.9 Å². The molecule has 1 aliphatic rings. The fraction of sp³-hybridized carbons (Fsp3) is 0.389. The van der Waals surface area contributed by atoms with E-state index in [2.05, 4.69) is 44.6 Å². The number of para-hydroxylation sites is 1. The molecular weight excluding hydrogens is 288 g/mol. The van der Waals surface area contributed by atoms with E-state index in [1.807, 2.05) is 12.3 Å². The summed E-state index contributed by atoms with van der Waals surface area (Å²) in [6, 6.07) is 8.25. The lowest BCUT2D eigenvalue weighted by atomic mass is 10.0. The fourth-order valence-electron chi connectivity index (χ4n) is 2.76. The average molecular weight is 308 g/mol. The lowest BCUT2D eigenvalue weighted by Crippen LogP contribution is -2.27. The van der Waals surface area contributed by atoms with Crippen molar-refractivity contribution in [2.45, 2.75) is 37.8 Å². The Labute approximate surface area is 135 Å². The maximum absolute atomic E-state index is 12.0. The van der Waals surface area contributed by atoms with Gasteiger partial charge in [0.2, 0.25) is 5.91 Å². The monoisotopic (exact) mass is 308 g/mol. The number of carbonyl (C=O) groups is 1. The normalized spacial score (nSPS) is 14.6. The van der Waals surface area contributed by atoms with Crippen LogP contribution in [0.1, 0.15) is 31.2 Å². The Hall–Kier alpha value is -2.61. The minimum atomic E-state index is -0.375. The summed E-state index contributed by atoms with van der Waals surface area (Å²) in [5.74, 6) is 2.64. The number of H-pyrrole nitrogens is 1. The summed E-state index contributed by atoms with van der Waals surface area (Å²) in [5, 5.41) is 12.3. The zero-order chi connectivity index (χ0) is 16.1. The number of fused-ring (bicyclic) bond motifs is 1. The summed E-state index contributed by atoms with van der Waals surface area (Å²) < 4.78 is 0. The standard InChI is InChI=1S/C18H20N4O/c1-2-3-10-18(21-22-18)11-7-16(23)19-12-8-14-5-4-6-15-9-13-20-17(14)15/h1,4-6,9,13,20H,3,7-8,10-12H2,(H,19,23). The van der Waals surface area contributed by atoms with Gasteiger partial charge < -0.3 is 10.3 Å². The molecule has 118 valence electrons. The van der Waals surface area contributed by atoms with Crippen LogP contribution in [0.2, 0.25) is 0 Å². The molecule has 0 fully saturated rings. The first-order valence-corrected chi connectivity index (χ1v) is 7.92. The van der Waals surface area contributed by atoms with Crippen molar-refractivity contribution in [2.24, 2.45) is 10.2 Å². The number of carbonyl (C=O) groups excluding carboxylic acids is 1. The van der Waals surface area contributed by atoms with Gasteiger partial charge in [0.05, 0.1) is 0 Å². The maximum Gasteiger partial charge on any atom is 0.220 e. The van der Waals surface area contributed by atoms with Crippen molar-refractivity contribution in [3.05, 3.63) is 36.0 Å². The molecule has 0 saturated carbocycles. The zero-order valence-electron chi connectivity index (χ0n) is 13.0. The first-order valence-electron chi connectivity index (χ1n) is 7.92. The van der Waals surface area contributed by atoms with Gasteiger partial charge in [-0.15, -0.1) is 12.3 Å². The number of nitrogens with one attached hydrogen (secondary N) is 2. The topological polar surface area (TPSA) is 69.6 Å². The second-order valence-electron chi connectivity index (χ2n) is 5.85. The summed E-state index contributed by atoms with van der Waals surface area (Å²) in [4.78, 5) is 15.2. The van der Waals surface area contributed by atoms with Gasteiger partial charge in [0, 0.05) is 43.9 Å². The number of benzene rings is 1. The van der Waals surface area contributed by atoms with Gasteiger partial charge in [-0.3, -0.25) is 4.79 Å². The number of amides is 1. The van der Waals surface area contributed by atoms with Gasteiger partial charge in [0.1, 0.15) is 0 Å². The van der Waals surface area contributed by atoms with E-state index in [-0.39, 0.29) is 11.6 Å². The van der Waals surface area contributed by atoms with Gasteiger partial charge in [-0.1, -0.05) is 18.2 Å². The quantitative estimate of drug-likeness (QED) is 0.722. The van der Waals surface area contributed by atoms with E-state index in [0.717, 1.165) is 18.4 Å². The highest BCUT2D eigenvalue weighted by molar-refractivity contribution is 5.82. The molecule has 5 heteroatoms. The van der Waals surface area contributed by atoms with Crippen LogP contribution in [-0.4, -0.2) is 23.1 Å². The molecule has 0 aliphatic carbocycles. The molecule has 0 radical (unpaired) electrons. The predicted octanol–water partition coefficient (Wildman–Crippen LogP) is 3.18. The molecule has 5 nitrogen and oxygen atoms in total. The third-order valence-electron chi connectivity index (χ3n) is 4.20.